The summed E-state index contributed by atoms with van der Waals surface area (Å²) >= 11 is 0. The number of nitrogens with zero attached hydrogens (tertiary/aromatic N) is 5. The summed E-state index contributed by atoms with van der Waals surface area (Å²) in [6, 6.07) is 6.71. The van der Waals surface area contributed by atoms with E-state index in [0.29, 0.717) is 42.6 Å². The number of carbonyl (C=O) groups is 1. The highest BCUT2D eigenvalue weighted by atomic mass is 19.1. The quantitative estimate of drug-likeness (QED) is 0.459. The summed E-state index contributed by atoms with van der Waals surface area (Å²) in [4.78, 5) is 39.1. The first kappa shape index (κ1) is 28.7. The van der Waals surface area contributed by atoms with E-state index in [1.807, 2.05) is 18.0 Å². The van der Waals surface area contributed by atoms with Crippen molar-refractivity contribution in [3.05, 3.63) is 52.2 Å². The van der Waals surface area contributed by atoms with Gasteiger partial charge in [0.05, 0.1) is 35.9 Å². The van der Waals surface area contributed by atoms with Gasteiger partial charge in [0, 0.05) is 62.0 Å². The van der Waals surface area contributed by atoms with E-state index in [2.05, 4.69) is 38.6 Å². The van der Waals surface area contributed by atoms with Crippen molar-refractivity contribution in [2.24, 2.45) is 5.41 Å². The Kier molecular flexibility index (Phi) is 7.75. The first-order valence-electron chi connectivity index (χ1n) is 14.9. The van der Waals surface area contributed by atoms with Gasteiger partial charge in [-0.3, -0.25) is 14.5 Å². The van der Waals surface area contributed by atoms with Crippen molar-refractivity contribution in [2.75, 3.05) is 45.2 Å². The number of amides is 1. The van der Waals surface area contributed by atoms with Crippen LogP contribution in [0.15, 0.2) is 35.3 Å². The molecule has 2 N–H and O–H groups in total. The number of likely N-dealkylation sites (tertiary alicyclic amines) is 2. The molecule has 0 aliphatic carbocycles. The molecule has 0 radical (unpaired) electrons. The van der Waals surface area contributed by atoms with Crippen LogP contribution in [0.4, 0.5) is 10.3 Å². The Balaban J connectivity index is 1.35. The number of benzene rings is 1. The van der Waals surface area contributed by atoms with Crippen LogP contribution in [0.1, 0.15) is 51.3 Å². The third-order valence-corrected chi connectivity index (χ3v) is 9.07. The Labute approximate surface area is 244 Å². The van der Waals surface area contributed by atoms with Gasteiger partial charge in [-0.05, 0) is 58.2 Å². The number of aliphatic hydroxyl groups excluding tert-OH is 1. The summed E-state index contributed by atoms with van der Waals surface area (Å²) in [5.41, 5.74) is 1.80. The molecule has 3 saturated heterocycles. The van der Waals surface area contributed by atoms with Crippen molar-refractivity contribution in [1.82, 2.24) is 24.3 Å². The fourth-order valence-corrected chi connectivity index (χ4v) is 6.93. The molecule has 224 valence electrons. The summed E-state index contributed by atoms with van der Waals surface area (Å²) in [7, 11) is 1.88. The minimum absolute atomic E-state index is 0.0267. The Morgan fingerprint density at radius 1 is 1.21 bits per heavy atom. The maximum Gasteiger partial charge on any atom is 0.229 e. The van der Waals surface area contributed by atoms with Crippen molar-refractivity contribution >= 4 is 22.8 Å². The number of rotatable bonds is 6. The molecule has 1 aromatic carbocycles. The van der Waals surface area contributed by atoms with Crippen LogP contribution in [0.25, 0.3) is 22.2 Å². The van der Waals surface area contributed by atoms with E-state index in [4.69, 9.17) is 4.74 Å². The molecule has 3 aliphatic heterocycles. The van der Waals surface area contributed by atoms with Gasteiger partial charge in [0.25, 0.3) is 0 Å². The van der Waals surface area contributed by atoms with E-state index in [1.165, 1.54) is 0 Å². The molecule has 3 fully saturated rings. The van der Waals surface area contributed by atoms with Crippen LogP contribution in [0.2, 0.25) is 0 Å². The number of aliphatic hydroxyl groups is 1. The van der Waals surface area contributed by atoms with Gasteiger partial charge in [0.15, 0.2) is 11.2 Å². The lowest BCUT2D eigenvalue weighted by Gasteiger charge is -2.39. The van der Waals surface area contributed by atoms with Gasteiger partial charge in [-0.25, -0.2) is 14.4 Å². The average molecular weight is 579 g/mol. The number of aromatic nitrogens is 3. The molecule has 0 bridgehead atoms. The smallest absolute Gasteiger partial charge is 0.229 e. The van der Waals surface area contributed by atoms with Crippen molar-refractivity contribution in [2.45, 2.75) is 64.3 Å². The number of carbonyl (C=O) groups excluding carboxylic acids is 1. The van der Waals surface area contributed by atoms with Crippen LogP contribution in [0, 0.1) is 11.2 Å². The molecule has 1 amide bonds. The first-order chi connectivity index (χ1) is 20.1. The van der Waals surface area contributed by atoms with Crippen LogP contribution in [0.5, 0.6) is 0 Å². The van der Waals surface area contributed by atoms with E-state index in [9.17, 15) is 14.7 Å². The normalized spacial score (nSPS) is 25.2. The summed E-state index contributed by atoms with van der Waals surface area (Å²) < 4.78 is 22.5. The summed E-state index contributed by atoms with van der Waals surface area (Å²) in [6.07, 6.45) is 3.71. The number of ether oxygens (including phenoxy) is 1. The molecule has 0 unspecified atom stereocenters. The SMILES string of the molecule is CC(C)n1c(CN2CCC[C@]3(CCN(C)C3=O)C2)cc(=O)c2ccc(-c3nc(N[C@@H]4CCOC[C@H]4O)ncc3F)cc21. The number of anilines is 1. The highest BCUT2D eigenvalue weighted by Crippen LogP contribution is 2.40. The van der Waals surface area contributed by atoms with Crippen molar-refractivity contribution in [1.29, 1.82) is 0 Å². The fraction of sp³-hybridized carbons (Fsp3) is 0.548. The predicted octanol–water partition coefficient (Wildman–Crippen LogP) is 3.18. The zero-order valence-electron chi connectivity index (χ0n) is 24.5. The van der Waals surface area contributed by atoms with Crippen LogP contribution in [-0.2, 0) is 16.1 Å². The van der Waals surface area contributed by atoms with Crippen LogP contribution >= 0.6 is 0 Å². The molecule has 0 saturated carbocycles. The molecule has 6 rings (SSSR count). The third-order valence-electron chi connectivity index (χ3n) is 9.07. The van der Waals surface area contributed by atoms with Crippen LogP contribution in [0.3, 0.4) is 0 Å². The monoisotopic (exact) mass is 578 g/mol. The number of nitrogens with one attached hydrogen (secondary N) is 1. The van der Waals surface area contributed by atoms with Gasteiger partial charge >= 0.3 is 0 Å². The molecule has 1 spiro atoms. The number of hydrogen-bond donors (Lipinski definition) is 2. The maximum atomic E-state index is 15.1. The Hall–Kier alpha value is -3.41. The molecule has 11 heteroatoms. The number of piperidine rings is 1. The molecule has 42 heavy (non-hydrogen) atoms. The summed E-state index contributed by atoms with van der Waals surface area (Å²) in [5, 5.41) is 13.9. The fourth-order valence-electron chi connectivity index (χ4n) is 6.93. The molecule has 3 aliphatic rings. The third kappa shape index (κ3) is 5.29. The number of pyridine rings is 1. The molecular weight excluding hydrogens is 539 g/mol. The second kappa shape index (κ2) is 11.3. The zero-order chi connectivity index (χ0) is 29.6. The van der Waals surface area contributed by atoms with Crippen molar-refractivity contribution in [3.63, 3.8) is 0 Å². The molecule has 5 heterocycles. The van der Waals surface area contributed by atoms with Gasteiger partial charge < -0.3 is 24.6 Å². The molecule has 3 atom stereocenters. The predicted molar refractivity (Wildman–Crippen MR) is 158 cm³/mol. The lowest BCUT2D eigenvalue weighted by Crippen LogP contribution is -2.47. The van der Waals surface area contributed by atoms with Gasteiger partial charge in [-0.1, -0.05) is 6.07 Å². The largest absolute Gasteiger partial charge is 0.389 e. The topological polar surface area (TPSA) is 113 Å². The standard InChI is InChI=1S/C31H39FN6O4/c1-19(2)38-21(16-37-10-4-8-31(18-37)9-11-36(3)29(31)41)14-26(39)22-6-5-20(13-25(22)38)28-23(32)15-33-30(35-28)34-24-7-12-42-17-27(24)40/h5-6,13-15,19,24,27,40H,4,7-12,16-18H2,1-3H3,(H,33,34,35)/t24-,27-,31+/m1/s1. The van der Waals surface area contributed by atoms with E-state index in [0.717, 1.165) is 44.2 Å². The highest BCUT2D eigenvalue weighted by molar-refractivity contribution is 5.85. The second-order valence-electron chi connectivity index (χ2n) is 12.3. The van der Waals surface area contributed by atoms with E-state index in [1.54, 1.807) is 18.2 Å². The molecular formula is C31H39FN6O4. The van der Waals surface area contributed by atoms with Gasteiger partial charge in [0.1, 0.15) is 5.69 Å². The van der Waals surface area contributed by atoms with E-state index < -0.39 is 11.9 Å². The summed E-state index contributed by atoms with van der Waals surface area (Å²) in [5.74, 6) is -0.130. The van der Waals surface area contributed by atoms with Gasteiger partial charge in [-0.2, -0.15) is 0 Å². The molecule has 10 nitrogen and oxygen atoms in total. The number of halogens is 1. The average Bonchev–Trinajstić information content (AvgIpc) is 3.23. The molecule has 3 aromatic rings. The second-order valence-corrected chi connectivity index (χ2v) is 12.3. The van der Waals surface area contributed by atoms with E-state index in [-0.39, 0.29) is 47.1 Å². The van der Waals surface area contributed by atoms with Gasteiger partial charge in [0.2, 0.25) is 11.9 Å². The van der Waals surface area contributed by atoms with Crippen molar-refractivity contribution in [3.8, 4) is 11.3 Å². The molecule has 2 aromatic heterocycles. The minimum Gasteiger partial charge on any atom is -0.389 e. The zero-order valence-corrected chi connectivity index (χ0v) is 24.5. The lowest BCUT2D eigenvalue weighted by molar-refractivity contribution is -0.137. The Bertz CT molecular complexity index is 1560. The van der Waals surface area contributed by atoms with Crippen LogP contribution < -0.4 is 10.7 Å². The van der Waals surface area contributed by atoms with Gasteiger partial charge in [-0.15, -0.1) is 0 Å². The van der Waals surface area contributed by atoms with Crippen molar-refractivity contribution < 1.29 is 19.0 Å². The summed E-state index contributed by atoms with van der Waals surface area (Å²) in [6.45, 7) is 7.76. The Morgan fingerprint density at radius 2 is 2.05 bits per heavy atom. The Morgan fingerprint density at radius 3 is 2.79 bits per heavy atom. The maximum absolute atomic E-state index is 15.1. The lowest BCUT2D eigenvalue weighted by atomic mass is 9.78. The highest BCUT2D eigenvalue weighted by Gasteiger charge is 2.47. The number of hydrogen-bond acceptors (Lipinski definition) is 8. The first-order valence-corrected chi connectivity index (χ1v) is 14.9. The minimum atomic E-state index is -0.710. The van der Waals surface area contributed by atoms with Crippen LogP contribution in [-0.4, -0.2) is 87.4 Å². The number of fused-ring (bicyclic) bond motifs is 1. The van der Waals surface area contributed by atoms with E-state index >= 15 is 4.39 Å².